The third kappa shape index (κ3) is 4.67. The molecule has 160 valence electrons. The molecule has 1 aromatic carbocycles. The number of carbonyl (C=O) groups excluding carboxylic acids is 2. The van der Waals surface area contributed by atoms with Gasteiger partial charge in [-0.15, -0.1) is 0 Å². The molecule has 1 aromatic rings. The highest BCUT2D eigenvalue weighted by molar-refractivity contribution is 6.09. The van der Waals surface area contributed by atoms with E-state index in [-0.39, 0.29) is 17.1 Å². The number of halogens is 3. The second kappa shape index (κ2) is 8.64. The minimum Gasteiger partial charge on any atom is -0.487 e. The fraction of sp³-hybridized carbons (Fsp3) is 0.333. The van der Waals surface area contributed by atoms with E-state index >= 15 is 0 Å². The summed E-state index contributed by atoms with van der Waals surface area (Å²) >= 11 is 0. The third-order valence-corrected chi connectivity index (χ3v) is 4.71. The minimum atomic E-state index is -4.48. The van der Waals surface area contributed by atoms with Gasteiger partial charge in [0.1, 0.15) is 12.3 Å². The molecule has 2 heterocycles. The van der Waals surface area contributed by atoms with E-state index in [2.05, 4.69) is 22.5 Å². The molecule has 9 heteroatoms. The molecule has 0 spiro atoms. The van der Waals surface area contributed by atoms with Gasteiger partial charge in [0, 0.05) is 18.5 Å². The summed E-state index contributed by atoms with van der Waals surface area (Å²) in [6, 6.07) is 1.68. The molecule has 6 nitrogen and oxygen atoms in total. The van der Waals surface area contributed by atoms with Crippen LogP contribution >= 0.6 is 0 Å². The summed E-state index contributed by atoms with van der Waals surface area (Å²) in [6.45, 7) is 5.89. The molecule has 0 fully saturated rings. The molecule has 0 aliphatic carbocycles. The van der Waals surface area contributed by atoms with E-state index in [9.17, 15) is 22.8 Å². The summed E-state index contributed by atoms with van der Waals surface area (Å²) in [5, 5.41) is 8.65. The first-order chi connectivity index (χ1) is 14.2. The fourth-order valence-corrected chi connectivity index (χ4v) is 3.43. The van der Waals surface area contributed by atoms with Crippen molar-refractivity contribution in [2.24, 2.45) is 0 Å². The lowest BCUT2D eigenvalue weighted by atomic mass is 9.98. The number of allylic oxidation sites excluding steroid dienone is 3. The van der Waals surface area contributed by atoms with Crippen molar-refractivity contribution < 1.29 is 27.5 Å². The molecule has 2 aliphatic rings. The van der Waals surface area contributed by atoms with Crippen molar-refractivity contribution in [2.75, 3.05) is 29.1 Å². The molecule has 3 rings (SSSR count). The number of fused-ring (bicyclic) bond motifs is 3. The Kier molecular flexibility index (Phi) is 6.19. The van der Waals surface area contributed by atoms with Gasteiger partial charge in [-0.2, -0.15) is 13.2 Å². The van der Waals surface area contributed by atoms with Gasteiger partial charge in [0.15, 0.2) is 5.75 Å². The summed E-state index contributed by atoms with van der Waals surface area (Å²) < 4.78 is 44.5. The van der Waals surface area contributed by atoms with Crippen LogP contribution in [-0.4, -0.2) is 31.1 Å². The zero-order chi connectivity index (χ0) is 21.9. The number of rotatable bonds is 5. The first-order valence-electron chi connectivity index (χ1n) is 9.46. The van der Waals surface area contributed by atoms with Gasteiger partial charge >= 0.3 is 6.18 Å². The highest BCUT2D eigenvalue weighted by Gasteiger charge is 2.31. The van der Waals surface area contributed by atoms with Gasteiger partial charge in [0.25, 0.3) is 5.91 Å². The van der Waals surface area contributed by atoms with Gasteiger partial charge in [-0.05, 0) is 30.5 Å². The normalized spacial score (nSPS) is 16.5. The van der Waals surface area contributed by atoms with Gasteiger partial charge < -0.3 is 20.7 Å². The molecule has 0 unspecified atom stereocenters. The van der Waals surface area contributed by atoms with Crippen molar-refractivity contribution in [1.29, 1.82) is 0 Å². The molecule has 0 atom stereocenters. The highest BCUT2D eigenvalue weighted by Crippen LogP contribution is 2.45. The van der Waals surface area contributed by atoms with E-state index in [0.717, 1.165) is 11.6 Å². The number of hydrogen-bond donors (Lipinski definition) is 3. The largest absolute Gasteiger partial charge is 0.487 e. The van der Waals surface area contributed by atoms with Crippen molar-refractivity contribution in [3.63, 3.8) is 0 Å². The Balaban J connectivity index is 2.01. The van der Waals surface area contributed by atoms with Crippen molar-refractivity contribution >= 4 is 28.9 Å². The van der Waals surface area contributed by atoms with Gasteiger partial charge in [-0.25, -0.2) is 0 Å². The standard InChI is InChI=1S/C21H22F3N3O3/c1-3-5-14(12(4-2)11-21(22,23)24)20(29)26-15-10-13-6-7-16(28)27-17(13)18-19(15)30-9-8-25-18/h3-5,10,25H,2,6-9,11H2,1H3,(H,26,29)(H,27,28)/b5-3-,14-12-. The average molecular weight is 421 g/mol. The Hall–Kier alpha value is -3.23. The predicted octanol–water partition coefficient (Wildman–Crippen LogP) is 4.33. The van der Waals surface area contributed by atoms with E-state index in [1.807, 2.05) is 0 Å². The smallest absolute Gasteiger partial charge is 0.393 e. The quantitative estimate of drug-likeness (QED) is 0.489. The Morgan fingerprint density at radius 3 is 2.77 bits per heavy atom. The van der Waals surface area contributed by atoms with Crippen LogP contribution in [0.25, 0.3) is 0 Å². The minimum absolute atomic E-state index is 0.116. The number of hydrogen-bond acceptors (Lipinski definition) is 4. The molecule has 2 aliphatic heterocycles. The molecule has 0 bridgehead atoms. The second-order valence-electron chi connectivity index (χ2n) is 6.87. The Bertz CT molecular complexity index is 949. The van der Waals surface area contributed by atoms with E-state index in [1.54, 1.807) is 13.0 Å². The number of alkyl halides is 3. The maximum Gasteiger partial charge on any atom is 0.393 e. The van der Waals surface area contributed by atoms with Gasteiger partial charge in [-0.1, -0.05) is 24.8 Å². The Morgan fingerprint density at radius 2 is 2.10 bits per heavy atom. The maximum absolute atomic E-state index is 12.9. The van der Waals surface area contributed by atoms with E-state index in [1.165, 1.54) is 12.2 Å². The maximum atomic E-state index is 12.9. The van der Waals surface area contributed by atoms with E-state index in [4.69, 9.17) is 4.74 Å². The summed E-state index contributed by atoms with van der Waals surface area (Å²) in [4.78, 5) is 24.7. The van der Waals surface area contributed by atoms with Gasteiger partial charge in [0.05, 0.1) is 17.8 Å². The van der Waals surface area contributed by atoms with Crippen LogP contribution in [0, 0.1) is 0 Å². The van der Waals surface area contributed by atoms with Crippen LogP contribution in [-0.2, 0) is 16.0 Å². The van der Waals surface area contributed by atoms with Crippen LogP contribution in [0.15, 0.2) is 42.0 Å². The van der Waals surface area contributed by atoms with Crippen LogP contribution in [0.4, 0.5) is 30.2 Å². The number of anilines is 3. The number of amides is 2. The predicted molar refractivity (Wildman–Crippen MR) is 109 cm³/mol. The van der Waals surface area contributed by atoms with Crippen LogP contribution in [0.5, 0.6) is 5.75 Å². The topological polar surface area (TPSA) is 79.5 Å². The number of nitrogens with one attached hydrogen (secondary N) is 3. The third-order valence-electron chi connectivity index (χ3n) is 4.71. The number of aryl methyl sites for hydroxylation is 1. The van der Waals surface area contributed by atoms with Gasteiger partial charge in [0.2, 0.25) is 5.91 Å². The van der Waals surface area contributed by atoms with Crippen molar-refractivity contribution in [1.82, 2.24) is 0 Å². The van der Waals surface area contributed by atoms with E-state index < -0.39 is 18.5 Å². The number of benzene rings is 1. The zero-order valence-corrected chi connectivity index (χ0v) is 16.4. The SMILES string of the molecule is C=C/C(CC(F)(F)F)=C(\C=C/C)C(=O)Nc1cc2c(c3c1OCCN3)NC(=O)CC2. The molecule has 0 radical (unpaired) electrons. The summed E-state index contributed by atoms with van der Waals surface area (Å²) in [6.07, 6.45) is -1.12. The highest BCUT2D eigenvalue weighted by atomic mass is 19.4. The molecular formula is C21H22F3N3O3. The zero-order valence-electron chi connectivity index (χ0n) is 16.4. The van der Waals surface area contributed by atoms with Gasteiger partial charge in [-0.3, -0.25) is 9.59 Å². The Morgan fingerprint density at radius 1 is 1.33 bits per heavy atom. The first-order valence-corrected chi connectivity index (χ1v) is 9.46. The van der Waals surface area contributed by atoms with Crippen molar-refractivity contribution in [3.8, 4) is 5.75 Å². The summed E-state index contributed by atoms with van der Waals surface area (Å²) in [7, 11) is 0. The molecular weight excluding hydrogens is 399 g/mol. The van der Waals surface area contributed by atoms with Crippen LogP contribution in [0.2, 0.25) is 0 Å². The average Bonchev–Trinajstić information content (AvgIpc) is 2.70. The van der Waals surface area contributed by atoms with Crippen molar-refractivity contribution in [3.05, 3.63) is 47.6 Å². The number of ether oxygens (including phenoxy) is 1. The molecule has 3 N–H and O–H groups in total. The lowest BCUT2D eigenvalue weighted by Gasteiger charge is -2.28. The van der Waals surface area contributed by atoms with Crippen LogP contribution in [0.1, 0.15) is 25.3 Å². The molecule has 0 saturated carbocycles. The first kappa shape index (κ1) is 21.5. The van der Waals surface area contributed by atoms with Crippen LogP contribution in [0.3, 0.4) is 0 Å². The molecule has 2 amide bonds. The van der Waals surface area contributed by atoms with Crippen LogP contribution < -0.4 is 20.7 Å². The second-order valence-corrected chi connectivity index (χ2v) is 6.87. The molecule has 0 aromatic heterocycles. The lowest BCUT2D eigenvalue weighted by Crippen LogP contribution is -2.26. The molecule has 30 heavy (non-hydrogen) atoms. The summed E-state index contributed by atoms with van der Waals surface area (Å²) in [5.74, 6) is -0.482. The van der Waals surface area contributed by atoms with Crippen molar-refractivity contribution in [2.45, 2.75) is 32.4 Å². The lowest BCUT2D eigenvalue weighted by molar-refractivity contribution is -0.126. The number of carbonyl (C=O) groups is 2. The Labute approximate surface area is 171 Å². The fourth-order valence-electron chi connectivity index (χ4n) is 3.43. The van der Waals surface area contributed by atoms with E-state index in [0.29, 0.717) is 48.8 Å². The molecule has 0 saturated heterocycles. The monoisotopic (exact) mass is 421 g/mol. The summed E-state index contributed by atoms with van der Waals surface area (Å²) in [5.41, 5.74) is 1.93.